The second-order valence-corrected chi connectivity index (χ2v) is 6.39. The van der Waals surface area contributed by atoms with Crippen molar-refractivity contribution in [2.24, 2.45) is 0 Å². The number of amides is 1. The fraction of sp³-hybridized carbons (Fsp3) is 0.238. The standard InChI is InChI=1S/C21H21FN2O2/c1-14-12-17-8-6-15(13-19(17)24-21(14)26)7-9-20(25)23-11-10-16-4-2-3-5-18(16)22/h2-6,8,12-13H,7,9-11H2,1H3,(H,23,25)(H,24,26). The summed E-state index contributed by atoms with van der Waals surface area (Å²) in [5.74, 6) is -0.319. The van der Waals surface area contributed by atoms with Crippen LogP contribution in [0.4, 0.5) is 4.39 Å². The van der Waals surface area contributed by atoms with Gasteiger partial charge in [0.25, 0.3) is 5.56 Å². The molecule has 3 aromatic rings. The predicted molar refractivity (Wildman–Crippen MR) is 101 cm³/mol. The third kappa shape index (κ3) is 4.36. The zero-order valence-corrected chi connectivity index (χ0v) is 14.6. The van der Waals surface area contributed by atoms with Gasteiger partial charge in [-0.1, -0.05) is 30.3 Å². The molecule has 2 N–H and O–H groups in total. The van der Waals surface area contributed by atoms with Gasteiger partial charge in [-0.25, -0.2) is 4.39 Å². The van der Waals surface area contributed by atoms with Crippen molar-refractivity contribution >= 4 is 16.8 Å². The molecule has 0 spiro atoms. The molecule has 26 heavy (non-hydrogen) atoms. The monoisotopic (exact) mass is 352 g/mol. The molecule has 0 aliphatic heterocycles. The summed E-state index contributed by atoms with van der Waals surface area (Å²) >= 11 is 0. The number of carbonyl (C=O) groups is 1. The first kappa shape index (κ1) is 17.9. The summed E-state index contributed by atoms with van der Waals surface area (Å²) in [4.78, 5) is 26.6. The Morgan fingerprint density at radius 3 is 2.73 bits per heavy atom. The minimum atomic E-state index is -0.248. The summed E-state index contributed by atoms with van der Waals surface area (Å²) < 4.78 is 13.5. The zero-order chi connectivity index (χ0) is 18.5. The van der Waals surface area contributed by atoms with E-state index in [2.05, 4.69) is 10.3 Å². The van der Waals surface area contributed by atoms with Gasteiger partial charge in [0.05, 0.1) is 0 Å². The first-order valence-electron chi connectivity index (χ1n) is 8.65. The Labute approximate surface area is 151 Å². The number of rotatable bonds is 6. The van der Waals surface area contributed by atoms with Crippen LogP contribution in [0.5, 0.6) is 0 Å². The molecule has 0 saturated carbocycles. The maximum Gasteiger partial charge on any atom is 0.251 e. The van der Waals surface area contributed by atoms with Crippen molar-refractivity contribution in [2.75, 3.05) is 6.54 Å². The highest BCUT2D eigenvalue weighted by molar-refractivity contribution is 5.80. The molecule has 5 heteroatoms. The number of hydrogen-bond acceptors (Lipinski definition) is 2. The highest BCUT2D eigenvalue weighted by atomic mass is 19.1. The van der Waals surface area contributed by atoms with Gasteiger partial charge < -0.3 is 10.3 Å². The van der Waals surface area contributed by atoms with Gasteiger partial charge in [0, 0.05) is 24.0 Å². The molecule has 0 aliphatic rings. The zero-order valence-electron chi connectivity index (χ0n) is 14.6. The van der Waals surface area contributed by atoms with Crippen molar-refractivity contribution in [3.63, 3.8) is 0 Å². The summed E-state index contributed by atoms with van der Waals surface area (Å²) in [6.07, 6.45) is 1.39. The largest absolute Gasteiger partial charge is 0.356 e. The van der Waals surface area contributed by atoms with Crippen molar-refractivity contribution in [1.29, 1.82) is 0 Å². The van der Waals surface area contributed by atoms with Crippen molar-refractivity contribution in [3.8, 4) is 0 Å². The predicted octanol–water partition coefficient (Wildman–Crippen LogP) is 3.27. The quantitative estimate of drug-likeness (QED) is 0.715. The third-order valence-corrected chi connectivity index (χ3v) is 4.41. The molecular weight excluding hydrogens is 331 g/mol. The summed E-state index contributed by atoms with van der Waals surface area (Å²) in [7, 11) is 0. The van der Waals surface area contributed by atoms with E-state index >= 15 is 0 Å². The summed E-state index contributed by atoms with van der Waals surface area (Å²) in [5.41, 5.74) is 2.95. The first-order valence-corrected chi connectivity index (χ1v) is 8.65. The number of nitrogens with one attached hydrogen (secondary N) is 2. The first-order chi connectivity index (χ1) is 12.5. The van der Waals surface area contributed by atoms with E-state index in [1.54, 1.807) is 25.1 Å². The molecule has 1 amide bonds. The maximum absolute atomic E-state index is 13.5. The van der Waals surface area contributed by atoms with Gasteiger partial charge in [-0.2, -0.15) is 0 Å². The summed E-state index contributed by atoms with van der Waals surface area (Å²) in [6.45, 7) is 2.18. The number of pyridine rings is 1. The molecule has 0 bridgehead atoms. The van der Waals surface area contributed by atoms with E-state index < -0.39 is 0 Å². The molecule has 4 nitrogen and oxygen atoms in total. The van der Waals surface area contributed by atoms with Crippen LogP contribution >= 0.6 is 0 Å². The second-order valence-electron chi connectivity index (χ2n) is 6.39. The highest BCUT2D eigenvalue weighted by Gasteiger charge is 2.06. The van der Waals surface area contributed by atoms with Gasteiger partial charge in [0.15, 0.2) is 0 Å². The average molecular weight is 352 g/mol. The average Bonchev–Trinajstić information content (AvgIpc) is 2.62. The lowest BCUT2D eigenvalue weighted by Gasteiger charge is -2.07. The molecule has 0 fully saturated rings. The Kier molecular flexibility index (Phi) is 5.46. The molecule has 134 valence electrons. The normalized spacial score (nSPS) is 10.8. The smallest absolute Gasteiger partial charge is 0.251 e. The number of aromatic amines is 1. The van der Waals surface area contributed by atoms with Gasteiger partial charge in [-0.05, 0) is 54.5 Å². The van der Waals surface area contributed by atoms with Gasteiger partial charge in [0.1, 0.15) is 5.82 Å². The molecule has 0 radical (unpaired) electrons. The summed E-state index contributed by atoms with van der Waals surface area (Å²) in [6, 6.07) is 14.2. The van der Waals surface area contributed by atoms with E-state index in [4.69, 9.17) is 0 Å². The summed E-state index contributed by atoms with van der Waals surface area (Å²) in [5, 5.41) is 3.79. The van der Waals surface area contributed by atoms with Crippen LogP contribution in [0, 0.1) is 12.7 Å². The van der Waals surface area contributed by atoms with E-state index in [9.17, 15) is 14.0 Å². The Morgan fingerprint density at radius 1 is 1.12 bits per heavy atom. The van der Waals surface area contributed by atoms with Gasteiger partial charge in [0.2, 0.25) is 5.91 Å². The lowest BCUT2D eigenvalue weighted by atomic mass is 10.1. The van der Waals surface area contributed by atoms with Crippen LogP contribution in [0.25, 0.3) is 10.9 Å². The Balaban J connectivity index is 1.53. The Morgan fingerprint density at radius 2 is 1.92 bits per heavy atom. The number of fused-ring (bicyclic) bond motifs is 1. The molecule has 1 aromatic heterocycles. The number of halogens is 1. The molecule has 0 unspecified atom stereocenters. The molecule has 0 aliphatic carbocycles. The van der Waals surface area contributed by atoms with Crippen molar-refractivity contribution in [2.45, 2.75) is 26.2 Å². The fourth-order valence-electron chi connectivity index (χ4n) is 2.90. The van der Waals surface area contributed by atoms with Gasteiger partial charge in [-0.15, -0.1) is 0 Å². The molecular formula is C21H21FN2O2. The van der Waals surface area contributed by atoms with Crippen LogP contribution in [-0.4, -0.2) is 17.4 Å². The number of benzene rings is 2. The van der Waals surface area contributed by atoms with E-state index in [-0.39, 0.29) is 17.3 Å². The Bertz CT molecular complexity index is 995. The molecule has 0 atom stereocenters. The molecule has 3 rings (SSSR count). The SMILES string of the molecule is Cc1cc2ccc(CCC(=O)NCCc3ccccc3F)cc2[nH]c1=O. The lowest BCUT2D eigenvalue weighted by Crippen LogP contribution is -2.26. The van der Waals surface area contributed by atoms with E-state index in [1.807, 2.05) is 24.3 Å². The van der Waals surface area contributed by atoms with Gasteiger partial charge in [-0.3, -0.25) is 9.59 Å². The topological polar surface area (TPSA) is 62.0 Å². The van der Waals surface area contributed by atoms with Crippen molar-refractivity contribution < 1.29 is 9.18 Å². The number of aryl methyl sites for hydroxylation is 2. The minimum Gasteiger partial charge on any atom is -0.356 e. The molecule has 2 aromatic carbocycles. The van der Waals surface area contributed by atoms with E-state index in [0.29, 0.717) is 36.9 Å². The number of hydrogen-bond donors (Lipinski definition) is 2. The van der Waals surface area contributed by atoms with Crippen molar-refractivity contribution in [1.82, 2.24) is 10.3 Å². The maximum atomic E-state index is 13.5. The van der Waals surface area contributed by atoms with Crippen LogP contribution in [-0.2, 0) is 17.6 Å². The van der Waals surface area contributed by atoms with Crippen LogP contribution in [0.3, 0.4) is 0 Å². The lowest BCUT2D eigenvalue weighted by molar-refractivity contribution is -0.121. The number of H-pyrrole nitrogens is 1. The van der Waals surface area contributed by atoms with Crippen molar-refractivity contribution in [3.05, 3.63) is 81.4 Å². The second kappa shape index (κ2) is 7.95. The van der Waals surface area contributed by atoms with E-state index in [0.717, 1.165) is 16.5 Å². The number of carbonyl (C=O) groups excluding carboxylic acids is 1. The van der Waals surface area contributed by atoms with Gasteiger partial charge >= 0.3 is 0 Å². The van der Waals surface area contributed by atoms with E-state index in [1.165, 1.54) is 6.07 Å². The molecule has 1 heterocycles. The van der Waals surface area contributed by atoms with Crippen LogP contribution in [0.1, 0.15) is 23.1 Å². The van der Waals surface area contributed by atoms with Crippen LogP contribution in [0.15, 0.2) is 53.3 Å². The fourth-order valence-corrected chi connectivity index (χ4v) is 2.90. The molecule has 0 saturated heterocycles. The Hall–Kier alpha value is -2.95. The minimum absolute atomic E-state index is 0.0705. The van der Waals surface area contributed by atoms with Crippen LogP contribution < -0.4 is 10.9 Å². The third-order valence-electron chi connectivity index (χ3n) is 4.41. The highest BCUT2D eigenvalue weighted by Crippen LogP contribution is 2.14. The van der Waals surface area contributed by atoms with Crippen LogP contribution in [0.2, 0.25) is 0 Å². The number of aromatic nitrogens is 1.